The highest BCUT2D eigenvalue weighted by molar-refractivity contribution is 6.21. The molecule has 5 heteroatoms. The Hall–Kier alpha value is -1.91. The summed E-state index contributed by atoms with van der Waals surface area (Å²) in [4.78, 5) is 9.60. The van der Waals surface area contributed by atoms with Crippen LogP contribution < -0.4 is 5.73 Å². The Morgan fingerprint density at radius 1 is 1.35 bits per heavy atom. The monoisotopic (exact) mass is 288 g/mol. The third kappa shape index (κ3) is 3.56. The van der Waals surface area contributed by atoms with Crippen LogP contribution in [0.4, 0.5) is 0 Å². The minimum atomic E-state index is -0.215. The van der Waals surface area contributed by atoms with E-state index < -0.39 is 0 Å². The SMILES string of the molecule is C=NC(N)=NC(=C)/C=C\C(Cl)N1Cc2ccccc2C1. The first kappa shape index (κ1) is 14.5. The number of hydrogen-bond acceptors (Lipinski definition) is 2. The van der Waals surface area contributed by atoms with Gasteiger partial charge in [-0.2, -0.15) is 0 Å². The summed E-state index contributed by atoms with van der Waals surface area (Å²) in [6.45, 7) is 8.75. The lowest BCUT2D eigenvalue weighted by atomic mass is 10.1. The fourth-order valence-corrected chi connectivity index (χ4v) is 2.28. The van der Waals surface area contributed by atoms with Gasteiger partial charge in [-0.05, 0) is 23.9 Å². The molecule has 0 saturated heterocycles. The van der Waals surface area contributed by atoms with E-state index in [9.17, 15) is 0 Å². The van der Waals surface area contributed by atoms with Crippen LogP contribution in [0.15, 0.2) is 58.7 Å². The number of aliphatic imine (C=N–C) groups is 2. The number of allylic oxidation sites excluding steroid dienone is 1. The first-order valence-corrected chi connectivity index (χ1v) is 6.66. The smallest absolute Gasteiger partial charge is 0.219 e. The van der Waals surface area contributed by atoms with Crippen LogP contribution in [0.1, 0.15) is 11.1 Å². The summed E-state index contributed by atoms with van der Waals surface area (Å²) < 4.78 is 0. The van der Waals surface area contributed by atoms with Crippen molar-refractivity contribution < 1.29 is 0 Å². The van der Waals surface area contributed by atoms with Gasteiger partial charge in [0.1, 0.15) is 5.50 Å². The Kier molecular flexibility index (Phi) is 4.71. The first-order valence-electron chi connectivity index (χ1n) is 6.23. The van der Waals surface area contributed by atoms with Crippen molar-refractivity contribution in [2.24, 2.45) is 15.7 Å². The van der Waals surface area contributed by atoms with Crippen molar-refractivity contribution in [3.63, 3.8) is 0 Å². The summed E-state index contributed by atoms with van der Waals surface area (Å²) in [5.74, 6) is 0.0966. The van der Waals surface area contributed by atoms with Crippen LogP contribution in [0, 0.1) is 0 Å². The quantitative estimate of drug-likeness (QED) is 0.304. The molecule has 1 aromatic rings. The molecule has 0 bridgehead atoms. The Morgan fingerprint density at radius 2 is 1.95 bits per heavy atom. The predicted molar refractivity (Wildman–Crippen MR) is 84.8 cm³/mol. The number of fused-ring (bicyclic) bond motifs is 1. The summed E-state index contributed by atoms with van der Waals surface area (Å²) in [7, 11) is 0. The lowest BCUT2D eigenvalue weighted by Crippen LogP contribution is -2.23. The molecule has 0 saturated carbocycles. The largest absolute Gasteiger partial charge is 0.368 e. The van der Waals surface area contributed by atoms with Crippen molar-refractivity contribution in [2.45, 2.75) is 18.6 Å². The molecule has 1 aliphatic rings. The van der Waals surface area contributed by atoms with Crippen LogP contribution in [0.25, 0.3) is 0 Å². The van der Waals surface area contributed by atoms with Crippen molar-refractivity contribution in [3.05, 3.63) is 59.8 Å². The minimum absolute atomic E-state index is 0.0966. The summed E-state index contributed by atoms with van der Waals surface area (Å²) in [5.41, 5.74) is 8.37. The molecule has 104 valence electrons. The molecule has 0 fully saturated rings. The number of nitrogens with two attached hydrogens (primary N) is 1. The minimum Gasteiger partial charge on any atom is -0.368 e. The lowest BCUT2D eigenvalue weighted by molar-refractivity contribution is 0.290. The van der Waals surface area contributed by atoms with Gasteiger partial charge in [0.2, 0.25) is 5.96 Å². The molecule has 20 heavy (non-hydrogen) atoms. The molecule has 0 aromatic heterocycles. The van der Waals surface area contributed by atoms with Crippen LogP contribution in [-0.4, -0.2) is 23.1 Å². The van der Waals surface area contributed by atoms with E-state index in [4.69, 9.17) is 17.3 Å². The average Bonchev–Trinajstić information content (AvgIpc) is 2.88. The Bertz CT molecular complexity index is 552. The second kappa shape index (κ2) is 6.50. The van der Waals surface area contributed by atoms with Gasteiger partial charge in [-0.3, -0.25) is 4.90 Å². The van der Waals surface area contributed by atoms with E-state index in [1.165, 1.54) is 11.1 Å². The Morgan fingerprint density at radius 3 is 2.50 bits per heavy atom. The highest BCUT2D eigenvalue weighted by Crippen LogP contribution is 2.26. The van der Waals surface area contributed by atoms with Gasteiger partial charge in [-0.1, -0.05) is 36.9 Å². The van der Waals surface area contributed by atoms with Gasteiger partial charge in [-0.15, -0.1) is 11.6 Å². The number of benzene rings is 1. The van der Waals surface area contributed by atoms with Crippen molar-refractivity contribution in [2.75, 3.05) is 0 Å². The van der Waals surface area contributed by atoms with Gasteiger partial charge in [0.15, 0.2) is 0 Å². The zero-order chi connectivity index (χ0) is 14.5. The number of halogens is 1. The van der Waals surface area contributed by atoms with Gasteiger partial charge < -0.3 is 5.73 Å². The molecular weight excluding hydrogens is 272 g/mol. The maximum absolute atomic E-state index is 6.37. The van der Waals surface area contributed by atoms with Gasteiger partial charge in [0, 0.05) is 13.1 Å². The Labute approximate surface area is 124 Å². The fourth-order valence-electron chi connectivity index (χ4n) is 2.07. The third-order valence-corrected chi connectivity index (χ3v) is 3.50. The van der Waals surface area contributed by atoms with Crippen LogP contribution in [0.5, 0.6) is 0 Å². The molecule has 0 spiro atoms. The fraction of sp³-hybridized carbons (Fsp3) is 0.200. The van der Waals surface area contributed by atoms with Gasteiger partial charge in [0.25, 0.3) is 0 Å². The topological polar surface area (TPSA) is 54.0 Å². The molecule has 1 aliphatic heterocycles. The van der Waals surface area contributed by atoms with E-state index in [0.717, 1.165) is 13.1 Å². The zero-order valence-corrected chi connectivity index (χ0v) is 11.9. The van der Waals surface area contributed by atoms with Crippen molar-refractivity contribution in [1.29, 1.82) is 0 Å². The summed E-state index contributed by atoms with van der Waals surface area (Å²) in [6.07, 6.45) is 3.58. The lowest BCUT2D eigenvalue weighted by Gasteiger charge is -2.18. The number of hydrogen-bond donors (Lipinski definition) is 1. The van der Waals surface area contributed by atoms with E-state index >= 15 is 0 Å². The number of guanidine groups is 1. The molecule has 1 atom stereocenters. The van der Waals surface area contributed by atoms with Gasteiger partial charge >= 0.3 is 0 Å². The molecule has 2 rings (SSSR count). The molecule has 1 unspecified atom stereocenters. The van der Waals surface area contributed by atoms with Crippen LogP contribution >= 0.6 is 11.6 Å². The number of rotatable bonds is 4. The van der Waals surface area contributed by atoms with Gasteiger partial charge in [-0.25, -0.2) is 9.98 Å². The first-order chi connectivity index (χ1) is 9.60. The standard InChI is InChI=1S/C15H17ClN4/c1-11(19-15(17)18-2)7-8-14(16)20-9-12-5-3-4-6-13(12)10-20/h3-8,14H,1-2,9-10H2,(H2,17,19)/b8-7-. The van der Waals surface area contributed by atoms with Crippen LogP contribution in [0.2, 0.25) is 0 Å². The number of nitrogens with zero attached hydrogens (tertiary/aromatic N) is 3. The highest BCUT2D eigenvalue weighted by Gasteiger charge is 2.22. The Balaban J connectivity index is 1.96. The molecule has 1 heterocycles. The van der Waals surface area contributed by atoms with Gasteiger partial charge in [0.05, 0.1) is 5.70 Å². The number of alkyl halides is 1. The second-order valence-electron chi connectivity index (χ2n) is 4.52. The molecule has 1 aromatic carbocycles. The van der Waals surface area contributed by atoms with Crippen LogP contribution in [0.3, 0.4) is 0 Å². The second-order valence-corrected chi connectivity index (χ2v) is 4.97. The average molecular weight is 289 g/mol. The third-order valence-electron chi connectivity index (χ3n) is 3.08. The molecule has 0 radical (unpaired) electrons. The molecule has 0 aliphatic carbocycles. The normalized spacial score (nSPS) is 17.1. The van der Waals surface area contributed by atoms with Crippen molar-refractivity contribution in [1.82, 2.24) is 4.90 Å². The summed E-state index contributed by atoms with van der Waals surface area (Å²) >= 11 is 6.37. The van der Waals surface area contributed by atoms with Crippen LogP contribution in [-0.2, 0) is 13.1 Å². The van der Waals surface area contributed by atoms with E-state index in [1.54, 1.807) is 6.08 Å². The highest BCUT2D eigenvalue weighted by atomic mass is 35.5. The van der Waals surface area contributed by atoms with Crippen molar-refractivity contribution >= 4 is 24.3 Å². The van der Waals surface area contributed by atoms with E-state index in [2.05, 4.69) is 40.3 Å². The molecule has 0 amide bonds. The van der Waals surface area contributed by atoms with Crippen molar-refractivity contribution in [3.8, 4) is 0 Å². The zero-order valence-electron chi connectivity index (χ0n) is 11.2. The van der Waals surface area contributed by atoms with E-state index in [-0.39, 0.29) is 11.5 Å². The summed E-state index contributed by atoms with van der Waals surface area (Å²) in [5, 5.41) is 0. The molecular formula is C15H17ClN4. The summed E-state index contributed by atoms with van der Waals surface area (Å²) in [6, 6.07) is 8.34. The maximum atomic E-state index is 6.37. The molecule has 4 nitrogen and oxygen atoms in total. The van der Waals surface area contributed by atoms with E-state index in [1.807, 2.05) is 18.2 Å². The maximum Gasteiger partial charge on any atom is 0.219 e. The predicted octanol–water partition coefficient (Wildman–Crippen LogP) is 2.65. The van der Waals surface area contributed by atoms with E-state index in [0.29, 0.717) is 5.70 Å². The molecule has 2 N–H and O–H groups in total.